The molecule has 0 spiro atoms. The standard InChI is InChI=1S/C17H19N5O3S/c1-23-16-7-3-2-6-14(16)15-9-13(25-19-15)11-26-17-18-20-21-22(17)10-12-5-4-8-24-12/h2-3,6-7,9,12H,4-5,8,10-11H2,1H3/t12-/m1/s1. The Balaban J connectivity index is 1.42. The number of aromatic nitrogens is 5. The largest absolute Gasteiger partial charge is 0.496 e. The second-order valence-electron chi connectivity index (χ2n) is 5.95. The summed E-state index contributed by atoms with van der Waals surface area (Å²) in [6, 6.07) is 9.64. The monoisotopic (exact) mass is 373 g/mol. The molecule has 1 atom stereocenters. The Morgan fingerprint density at radius 3 is 3.12 bits per heavy atom. The van der Waals surface area contributed by atoms with E-state index in [1.54, 1.807) is 11.8 Å². The van der Waals surface area contributed by atoms with Crippen molar-refractivity contribution >= 4 is 11.8 Å². The summed E-state index contributed by atoms with van der Waals surface area (Å²) in [6.45, 7) is 1.50. The first-order chi connectivity index (χ1) is 12.8. The smallest absolute Gasteiger partial charge is 0.209 e. The quantitative estimate of drug-likeness (QED) is 0.584. The topological polar surface area (TPSA) is 88.1 Å². The molecule has 1 aliphatic rings. The fourth-order valence-electron chi connectivity index (χ4n) is 2.90. The fourth-order valence-corrected chi connectivity index (χ4v) is 3.66. The number of benzene rings is 1. The molecule has 0 N–H and O–H groups in total. The highest BCUT2D eigenvalue weighted by molar-refractivity contribution is 7.98. The van der Waals surface area contributed by atoms with Crippen LogP contribution in [0.5, 0.6) is 5.75 Å². The molecule has 8 nitrogen and oxygen atoms in total. The Morgan fingerprint density at radius 1 is 1.35 bits per heavy atom. The highest BCUT2D eigenvalue weighted by Crippen LogP contribution is 2.30. The summed E-state index contributed by atoms with van der Waals surface area (Å²) in [5.74, 6) is 2.11. The molecule has 3 aromatic rings. The van der Waals surface area contributed by atoms with Crippen LogP contribution < -0.4 is 4.74 Å². The van der Waals surface area contributed by atoms with Gasteiger partial charge < -0.3 is 14.0 Å². The van der Waals surface area contributed by atoms with Crippen LogP contribution in [0.1, 0.15) is 18.6 Å². The molecule has 26 heavy (non-hydrogen) atoms. The van der Waals surface area contributed by atoms with E-state index in [0.29, 0.717) is 12.3 Å². The van der Waals surface area contributed by atoms with Crippen LogP contribution in [0.15, 0.2) is 40.0 Å². The van der Waals surface area contributed by atoms with Crippen molar-refractivity contribution in [2.45, 2.75) is 36.4 Å². The van der Waals surface area contributed by atoms with Gasteiger partial charge in [0.25, 0.3) is 0 Å². The third kappa shape index (κ3) is 3.73. The molecule has 2 aromatic heterocycles. The number of methoxy groups -OCH3 is 1. The lowest BCUT2D eigenvalue weighted by Gasteiger charge is -2.09. The Morgan fingerprint density at radius 2 is 2.27 bits per heavy atom. The van der Waals surface area contributed by atoms with Gasteiger partial charge in [0.05, 0.1) is 25.5 Å². The second-order valence-corrected chi connectivity index (χ2v) is 6.89. The summed E-state index contributed by atoms with van der Waals surface area (Å²) in [7, 11) is 1.64. The molecule has 0 amide bonds. The molecule has 1 aromatic carbocycles. The van der Waals surface area contributed by atoms with Gasteiger partial charge in [-0.05, 0) is 35.4 Å². The van der Waals surface area contributed by atoms with E-state index in [-0.39, 0.29) is 6.10 Å². The molecule has 0 unspecified atom stereocenters. The van der Waals surface area contributed by atoms with Gasteiger partial charge in [0.15, 0.2) is 0 Å². The minimum Gasteiger partial charge on any atom is -0.496 e. The number of para-hydroxylation sites is 1. The predicted molar refractivity (Wildman–Crippen MR) is 94.8 cm³/mol. The average Bonchev–Trinajstić information content (AvgIpc) is 3.43. The zero-order valence-corrected chi connectivity index (χ0v) is 15.2. The van der Waals surface area contributed by atoms with Crippen LogP contribution in [0.2, 0.25) is 0 Å². The molecule has 4 rings (SSSR count). The van der Waals surface area contributed by atoms with E-state index in [9.17, 15) is 0 Å². The lowest BCUT2D eigenvalue weighted by atomic mass is 10.1. The van der Waals surface area contributed by atoms with Crippen molar-refractivity contribution < 1.29 is 14.0 Å². The van der Waals surface area contributed by atoms with Crippen molar-refractivity contribution in [3.8, 4) is 17.0 Å². The molecular weight excluding hydrogens is 354 g/mol. The summed E-state index contributed by atoms with van der Waals surface area (Å²) < 4.78 is 18.3. The number of hydrogen-bond donors (Lipinski definition) is 0. The maximum Gasteiger partial charge on any atom is 0.209 e. The van der Waals surface area contributed by atoms with Crippen molar-refractivity contribution in [2.75, 3.05) is 13.7 Å². The molecule has 0 aliphatic carbocycles. The van der Waals surface area contributed by atoms with Crippen LogP contribution in [0, 0.1) is 0 Å². The Kier molecular flexibility index (Phi) is 5.16. The van der Waals surface area contributed by atoms with Crippen LogP contribution in [0.4, 0.5) is 0 Å². The van der Waals surface area contributed by atoms with Gasteiger partial charge in [-0.25, -0.2) is 4.68 Å². The number of rotatable bonds is 7. The van der Waals surface area contributed by atoms with Gasteiger partial charge in [0.1, 0.15) is 17.2 Å². The molecule has 1 saturated heterocycles. The van der Waals surface area contributed by atoms with Gasteiger partial charge in [0.2, 0.25) is 5.16 Å². The number of hydrogen-bond acceptors (Lipinski definition) is 8. The summed E-state index contributed by atoms with van der Waals surface area (Å²) >= 11 is 1.51. The Hall–Kier alpha value is -2.39. The fraction of sp³-hybridized carbons (Fsp3) is 0.412. The first kappa shape index (κ1) is 17.0. The molecule has 3 heterocycles. The summed E-state index contributed by atoms with van der Waals surface area (Å²) in [4.78, 5) is 0. The predicted octanol–water partition coefficient (Wildman–Crippen LogP) is 2.81. The maximum atomic E-state index is 5.65. The summed E-state index contributed by atoms with van der Waals surface area (Å²) in [5.41, 5.74) is 1.65. The van der Waals surface area contributed by atoms with Crippen LogP contribution in [-0.2, 0) is 17.0 Å². The van der Waals surface area contributed by atoms with Crippen molar-refractivity contribution in [1.82, 2.24) is 25.4 Å². The van der Waals surface area contributed by atoms with Crippen molar-refractivity contribution in [3.05, 3.63) is 36.1 Å². The molecule has 1 fully saturated rings. The SMILES string of the molecule is COc1ccccc1-c1cc(CSc2nnnn2C[C@H]2CCCO2)on1. The van der Waals surface area contributed by atoms with Crippen molar-refractivity contribution in [2.24, 2.45) is 0 Å². The normalized spacial score (nSPS) is 16.9. The molecule has 9 heteroatoms. The van der Waals surface area contributed by atoms with Gasteiger partial charge in [0, 0.05) is 18.2 Å². The van der Waals surface area contributed by atoms with Gasteiger partial charge in [-0.15, -0.1) is 5.10 Å². The first-order valence-electron chi connectivity index (χ1n) is 8.43. The molecule has 136 valence electrons. The highest BCUT2D eigenvalue weighted by atomic mass is 32.2. The Bertz CT molecular complexity index is 859. The molecule has 0 radical (unpaired) electrons. The number of ether oxygens (including phenoxy) is 2. The lowest BCUT2D eigenvalue weighted by Crippen LogP contribution is -2.16. The lowest BCUT2D eigenvalue weighted by molar-refractivity contribution is 0.0912. The molecule has 0 bridgehead atoms. The van der Waals surface area contributed by atoms with E-state index in [4.69, 9.17) is 14.0 Å². The van der Waals surface area contributed by atoms with Gasteiger partial charge in [-0.3, -0.25) is 0 Å². The first-order valence-corrected chi connectivity index (χ1v) is 9.41. The van der Waals surface area contributed by atoms with E-state index >= 15 is 0 Å². The van der Waals surface area contributed by atoms with Crippen LogP contribution in [-0.4, -0.2) is 45.2 Å². The molecule has 0 saturated carbocycles. The van der Waals surface area contributed by atoms with Crippen LogP contribution >= 0.6 is 11.8 Å². The summed E-state index contributed by atoms with van der Waals surface area (Å²) in [5, 5.41) is 16.8. The highest BCUT2D eigenvalue weighted by Gasteiger charge is 2.19. The second kappa shape index (κ2) is 7.88. The zero-order valence-electron chi connectivity index (χ0n) is 14.4. The van der Waals surface area contributed by atoms with Crippen molar-refractivity contribution in [3.63, 3.8) is 0 Å². The summed E-state index contributed by atoms with van der Waals surface area (Å²) in [6.07, 6.45) is 2.34. The minimum absolute atomic E-state index is 0.195. The average molecular weight is 373 g/mol. The van der Waals surface area contributed by atoms with Crippen molar-refractivity contribution in [1.29, 1.82) is 0 Å². The Labute approximate surface area is 154 Å². The van der Waals surface area contributed by atoms with E-state index in [1.807, 2.05) is 30.3 Å². The third-order valence-electron chi connectivity index (χ3n) is 4.19. The van der Waals surface area contributed by atoms with Gasteiger partial charge >= 0.3 is 0 Å². The van der Waals surface area contributed by atoms with E-state index in [0.717, 1.165) is 47.4 Å². The number of thioether (sulfide) groups is 1. The molecule has 1 aliphatic heterocycles. The van der Waals surface area contributed by atoms with E-state index in [1.165, 1.54) is 11.8 Å². The molecular formula is C17H19N5O3S. The number of tetrazole rings is 1. The van der Waals surface area contributed by atoms with Gasteiger partial charge in [-0.1, -0.05) is 29.1 Å². The third-order valence-corrected chi connectivity index (χ3v) is 5.16. The van der Waals surface area contributed by atoms with Crippen LogP contribution in [0.25, 0.3) is 11.3 Å². The van der Waals surface area contributed by atoms with E-state index < -0.39 is 0 Å². The van der Waals surface area contributed by atoms with E-state index in [2.05, 4.69) is 20.7 Å². The zero-order chi connectivity index (χ0) is 17.8. The maximum absolute atomic E-state index is 5.65. The van der Waals surface area contributed by atoms with Gasteiger partial charge in [-0.2, -0.15) is 0 Å². The van der Waals surface area contributed by atoms with Crippen LogP contribution in [0.3, 0.4) is 0 Å². The minimum atomic E-state index is 0.195. The number of nitrogens with zero attached hydrogens (tertiary/aromatic N) is 5.